The third-order valence-electron chi connectivity index (χ3n) is 3.25. The van der Waals surface area contributed by atoms with Gasteiger partial charge in [0.1, 0.15) is 4.75 Å². The molecule has 0 amide bonds. The molecule has 2 aromatic rings. The van der Waals surface area contributed by atoms with E-state index in [1.165, 1.54) is 11.8 Å². The minimum Gasteiger partial charge on any atom is -0.480 e. The van der Waals surface area contributed by atoms with Crippen LogP contribution in [-0.2, 0) is 4.79 Å². The number of rotatable bonds is 3. The predicted molar refractivity (Wildman–Crippen MR) is 66.9 cm³/mol. The van der Waals surface area contributed by atoms with E-state index < -0.39 is 16.5 Å². The van der Waals surface area contributed by atoms with Gasteiger partial charge < -0.3 is 9.52 Å². The Bertz CT molecular complexity index is 668. The molecule has 1 aromatic carbocycles. The summed E-state index contributed by atoms with van der Waals surface area (Å²) in [5.74, 6) is -1.26. The third kappa shape index (κ3) is 1.73. The van der Waals surface area contributed by atoms with Gasteiger partial charge in [-0.2, -0.15) is 0 Å². The van der Waals surface area contributed by atoms with Crippen molar-refractivity contribution in [2.45, 2.75) is 28.9 Å². The zero-order chi connectivity index (χ0) is 12.8. The molecule has 3 rings (SSSR count). The second-order valence-electron chi connectivity index (χ2n) is 4.43. The van der Waals surface area contributed by atoms with Crippen molar-refractivity contribution < 1.29 is 14.3 Å². The number of aromatic nitrogens is 1. The van der Waals surface area contributed by atoms with Crippen LogP contribution in [0.1, 0.15) is 19.3 Å². The number of thioether (sulfide) groups is 1. The number of carbonyl (C=O) groups is 1. The monoisotopic (exact) mass is 265 g/mol. The molecule has 0 radical (unpaired) electrons. The van der Waals surface area contributed by atoms with Gasteiger partial charge >= 0.3 is 11.7 Å². The van der Waals surface area contributed by atoms with E-state index in [9.17, 15) is 14.7 Å². The summed E-state index contributed by atoms with van der Waals surface area (Å²) >= 11 is 1.35. The van der Waals surface area contributed by atoms with Gasteiger partial charge in [0, 0.05) is 4.90 Å². The van der Waals surface area contributed by atoms with Crippen molar-refractivity contribution in [3.05, 3.63) is 28.7 Å². The van der Waals surface area contributed by atoms with E-state index in [1.54, 1.807) is 18.2 Å². The highest BCUT2D eigenvalue weighted by Gasteiger charge is 2.45. The number of H-pyrrole nitrogens is 1. The molecule has 0 bridgehead atoms. The summed E-state index contributed by atoms with van der Waals surface area (Å²) in [6, 6.07) is 5.23. The number of hydrogen-bond donors (Lipinski definition) is 2. The lowest BCUT2D eigenvalue weighted by Crippen LogP contribution is -2.41. The summed E-state index contributed by atoms with van der Waals surface area (Å²) in [7, 11) is 0. The summed E-state index contributed by atoms with van der Waals surface area (Å²) in [4.78, 5) is 25.7. The molecule has 0 saturated heterocycles. The maximum absolute atomic E-state index is 11.3. The fraction of sp³-hybridized carbons (Fsp3) is 0.333. The van der Waals surface area contributed by atoms with Crippen LogP contribution in [0.2, 0.25) is 0 Å². The lowest BCUT2D eigenvalue weighted by atomic mass is 9.84. The van der Waals surface area contributed by atoms with Crippen molar-refractivity contribution in [1.29, 1.82) is 0 Å². The average molecular weight is 265 g/mol. The Labute approximate surface area is 106 Å². The van der Waals surface area contributed by atoms with Gasteiger partial charge in [0.25, 0.3) is 0 Å². The molecule has 18 heavy (non-hydrogen) atoms. The smallest absolute Gasteiger partial charge is 0.417 e. The van der Waals surface area contributed by atoms with Crippen LogP contribution in [0.15, 0.2) is 32.3 Å². The van der Waals surface area contributed by atoms with E-state index >= 15 is 0 Å². The lowest BCUT2D eigenvalue weighted by Gasteiger charge is -2.36. The van der Waals surface area contributed by atoms with Crippen LogP contribution in [0.3, 0.4) is 0 Å². The Morgan fingerprint density at radius 2 is 2.22 bits per heavy atom. The second kappa shape index (κ2) is 3.91. The van der Waals surface area contributed by atoms with Crippen LogP contribution >= 0.6 is 11.8 Å². The molecule has 0 atom stereocenters. The lowest BCUT2D eigenvalue weighted by molar-refractivity contribution is -0.142. The summed E-state index contributed by atoms with van der Waals surface area (Å²) in [5, 5.41) is 9.27. The highest BCUT2D eigenvalue weighted by molar-refractivity contribution is 8.01. The molecule has 6 heteroatoms. The zero-order valence-corrected chi connectivity index (χ0v) is 10.3. The van der Waals surface area contributed by atoms with Crippen molar-refractivity contribution in [2.75, 3.05) is 0 Å². The predicted octanol–water partition coefficient (Wildman–Crippen LogP) is 2.22. The molecule has 1 heterocycles. The van der Waals surface area contributed by atoms with E-state index in [1.807, 2.05) is 0 Å². The highest BCUT2D eigenvalue weighted by Crippen LogP contribution is 2.48. The molecule has 1 fully saturated rings. The standard InChI is InChI=1S/C12H11NO4S/c14-10(15)12(4-1-5-12)18-7-2-3-9-8(6-7)13-11(16)17-9/h2-3,6H,1,4-5H2,(H,13,16)(H,14,15). The Hall–Kier alpha value is -1.69. The van der Waals surface area contributed by atoms with Crippen LogP contribution in [0, 0.1) is 0 Å². The summed E-state index contributed by atoms with van der Waals surface area (Å²) in [6.07, 6.45) is 2.32. The number of nitrogens with one attached hydrogen (secondary N) is 1. The molecule has 1 saturated carbocycles. The van der Waals surface area contributed by atoms with Gasteiger partial charge in [-0.25, -0.2) is 4.79 Å². The average Bonchev–Trinajstić information content (AvgIpc) is 2.62. The van der Waals surface area contributed by atoms with Gasteiger partial charge in [-0.3, -0.25) is 9.78 Å². The van der Waals surface area contributed by atoms with Crippen LogP contribution in [-0.4, -0.2) is 20.8 Å². The molecule has 1 aliphatic carbocycles. The molecule has 94 valence electrons. The number of fused-ring (bicyclic) bond motifs is 1. The molecule has 2 N–H and O–H groups in total. The van der Waals surface area contributed by atoms with Crippen molar-refractivity contribution in [1.82, 2.24) is 4.98 Å². The summed E-state index contributed by atoms with van der Waals surface area (Å²) < 4.78 is 4.21. The number of aliphatic carboxylic acids is 1. The van der Waals surface area contributed by atoms with Gasteiger partial charge in [0.2, 0.25) is 0 Å². The number of aromatic amines is 1. The van der Waals surface area contributed by atoms with Gasteiger partial charge in [0.05, 0.1) is 5.52 Å². The fourth-order valence-electron chi connectivity index (χ4n) is 2.08. The summed E-state index contributed by atoms with van der Waals surface area (Å²) in [6.45, 7) is 0. The van der Waals surface area contributed by atoms with E-state index in [4.69, 9.17) is 4.42 Å². The maximum atomic E-state index is 11.3. The van der Waals surface area contributed by atoms with Crippen molar-refractivity contribution in [3.63, 3.8) is 0 Å². The minimum absolute atomic E-state index is 0.488. The summed E-state index contributed by atoms with van der Waals surface area (Å²) in [5.41, 5.74) is 1.09. The second-order valence-corrected chi connectivity index (χ2v) is 5.88. The van der Waals surface area contributed by atoms with E-state index in [-0.39, 0.29) is 0 Å². The number of carboxylic acid groups (broad SMARTS) is 1. The number of hydrogen-bond acceptors (Lipinski definition) is 4. The Morgan fingerprint density at radius 1 is 1.44 bits per heavy atom. The van der Waals surface area contributed by atoms with Crippen LogP contribution in [0.5, 0.6) is 0 Å². The molecule has 1 aliphatic rings. The first-order valence-electron chi connectivity index (χ1n) is 5.64. The normalized spacial score (nSPS) is 17.6. The van der Waals surface area contributed by atoms with Gasteiger partial charge in [0.15, 0.2) is 5.58 Å². The van der Waals surface area contributed by atoms with Gasteiger partial charge in [-0.15, -0.1) is 11.8 Å². The van der Waals surface area contributed by atoms with E-state index in [0.29, 0.717) is 23.9 Å². The number of benzene rings is 1. The van der Waals surface area contributed by atoms with Crippen molar-refractivity contribution in [2.24, 2.45) is 0 Å². The van der Waals surface area contributed by atoms with Crippen molar-refractivity contribution >= 4 is 28.8 Å². The molecular weight excluding hydrogens is 254 g/mol. The Morgan fingerprint density at radius 3 is 2.83 bits per heavy atom. The van der Waals surface area contributed by atoms with Crippen molar-refractivity contribution in [3.8, 4) is 0 Å². The van der Waals surface area contributed by atoms with E-state index in [0.717, 1.165) is 11.3 Å². The molecular formula is C12H11NO4S. The molecule has 0 unspecified atom stereocenters. The fourth-order valence-corrected chi connectivity index (χ4v) is 3.42. The highest BCUT2D eigenvalue weighted by atomic mass is 32.2. The third-order valence-corrected chi connectivity index (χ3v) is 4.72. The van der Waals surface area contributed by atoms with Gasteiger partial charge in [-0.1, -0.05) is 0 Å². The maximum Gasteiger partial charge on any atom is 0.417 e. The molecule has 0 aliphatic heterocycles. The number of oxazole rings is 1. The largest absolute Gasteiger partial charge is 0.480 e. The molecule has 0 spiro atoms. The topological polar surface area (TPSA) is 83.3 Å². The first kappa shape index (κ1) is 11.4. The molecule has 1 aromatic heterocycles. The quantitative estimate of drug-likeness (QED) is 0.889. The van der Waals surface area contributed by atoms with Gasteiger partial charge in [-0.05, 0) is 37.5 Å². The molecule has 5 nitrogen and oxygen atoms in total. The van der Waals surface area contributed by atoms with Crippen LogP contribution in [0.25, 0.3) is 11.1 Å². The first-order valence-corrected chi connectivity index (χ1v) is 6.46. The minimum atomic E-state index is -0.764. The first-order chi connectivity index (χ1) is 8.59. The van der Waals surface area contributed by atoms with Crippen LogP contribution in [0.4, 0.5) is 0 Å². The Kier molecular flexibility index (Phi) is 2.48. The number of carboxylic acids is 1. The Balaban J connectivity index is 1.95. The van der Waals surface area contributed by atoms with Crippen LogP contribution < -0.4 is 5.76 Å². The SMILES string of the molecule is O=C(O)C1(Sc2ccc3oc(=O)[nH]c3c2)CCC1. The zero-order valence-electron chi connectivity index (χ0n) is 9.43. The van der Waals surface area contributed by atoms with E-state index in [2.05, 4.69) is 4.98 Å².